The standard InChI is InChI=1S/C28H43NO18/c1-2-6-39-9-12-43-25(35)18-23(33)41-7-3-4-29-21(31)17-22(32)46-15-16-47-28(38)20-27(37)45-14-11-40-10-13-44-26(36)19-24(34)42-8-5-30/h30H,2-20H2,1H3,(H,29,31). The Bertz CT molecular complexity index is 984. The molecule has 0 saturated heterocycles. The lowest BCUT2D eigenvalue weighted by Crippen LogP contribution is -2.28. The van der Waals surface area contributed by atoms with E-state index < -0.39 is 73.4 Å². The smallest absolute Gasteiger partial charge is 0.317 e. The van der Waals surface area contributed by atoms with Gasteiger partial charge in [0.15, 0.2) is 0 Å². The number of hydrogen-bond acceptors (Lipinski definition) is 18. The van der Waals surface area contributed by atoms with E-state index in [1.807, 2.05) is 6.92 Å². The van der Waals surface area contributed by atoms with Gasteiger partial charge in [0, 0.05) is 13.2 Å². The SMILES string of the molecule is CCCOCCOC(=O)CC(=O)OCCCNC(=O)CC(=O)OCCOC(=O)CC(=O)OCCOCCOC(=O)CC(=O)OCCO. The number of amides is 1. The van der Waals surface area contributed by atoms with E-state index in [1.165, 1.54) is 0 Å². The number of carbonyl (C=O) groups excluding carboxylic acids is 8. The van der Waals surface area contributed by atoms with Gasteiger partial charge in [-0.1, -0.05) is 6.92 Å². The Kier molecular flexibility index (Phi) is 26.4. The number of esters is 7. The molecule has 1 amide bonds. The number of nitrogens with one attached hydrogen (secondary N) is 1. The predicted octanol–water partition coefficient (Wildman–Crippen LogP) is -1.71. The lowest BCUT2D eigenvalue weighted by Gasteiger charge is -2.08. The summed E-state index contributed by atoms with van der Waals surface area (Å²) in [6, 6.07) is 0. The zero-order valence-corrected chi connectivity index (χ0v) is 26.3. The molecule has 0 radical (unpaired) electrons. The van der Waals surface area contributed by atoms with Crippen molar-refractivity contribution >= 4 is 47.7 Å². The highest BCUT2D eigenvalue weighted by atomic mass is 16.6. The van der Waals surface area contributed by atoms with Crippen molar-refractivity contribution in [2.45, 2.75) is 45.4 Å². The first-order valence-corrected chi connectivity index (χ1v) is 14.7. The highest BCUT2D eigenvalue weighted by Crippen LogP contribution is 1.96. The minimum Gasteiger partial charge on any atom is -0.465 e. The Morgan fingerprint density at radius 2 is 0.787 bits per heavy atom. The Labute approximate surface area is 270 Å². The fraction of sp³-hybridized carbons (Fsp3) is 0.714. The Balaban J connectivity index is 3.73. The Morgan fingerprint density at radius 1 is 0.447 bits per heavy atom. The van der Waals surface area contributed by atoms with Crippen molar-refractivity contribution in [3.05, 3.63) is 0 Å². The molecule has 0 saturated carbocycles. The van der Waals surface area contributed by atoms with Crippen molar-refractivity contribution in [2.24, 2.45) is 0 Å². The monoisotopic (exact) mass is 681 g/mol. The van der Waals surface area contributed by atoms with E-state index in [0.717, 1.165) is 6.42 Å². The van der Waals surface area contributed by atoms with Gasteiger partial charge in [-0.25, -0.2) is 0 Å². The van der Waals surface area contributed by atoms with Crippen LogP contribution in [0.4, 0.5) is 0 Å². The molecule has 0 rings (SSSR count). The van der Waals surface area contributed by atoms with Gasteiger partial charge in [0.1, 0.15) is 65.3 Å². The van der Waals surface area contributed by atoms with Gasteiger partial charge in [-0.3, -0.25) is 38.4 Å². The van der Waals surface area contributed by atoms with Gasteiger partial charge in [0.05, 0.1) is 33.0 Å². The Morgan fingerprint density at radius 3 is 1.19 bits per heavy atom. The highest BCUT2D eigenvalue weighted by Gasteiger charge is 2.15. The number of ether oxygens (including phenoxy) is 9. The molecule has 0 heterocycles. The summed E-state index contributed by atoms with van der Waals surface area (Å²) in [4.78, 5) is 92.5. The van der Waals surface area contributed by atoms with Crippen LogP contribution in [0.1, 0.15) is 45.4 Å². The molecule has 0 atom stereocenters. The quantitative estimate of drug-likeness (QED) is 0.0403. The molecule has 0 bridgehead atoms. The van der Waals surface area contributed by atoms with Gasteiger partial charge in [0.2, 0.25) is 5.91 Å². The molecule has 0 aliphatic heterocycles. The minimum atomic E-state index is -0.941. The number of hydrogen-bond donors (Lipinski definition) is 2. The first-order chi connectivity index (χ1) is 22.6. The van der Waals surface area contributed by atoms with Gasteiger partial charge in [-0.05, 0) is 12.8 Å². The van der Waals surface area contributed by atoms with Crippen LogP contribution in [0.5, 0.6) is 0 Å². The summed E-state index contributed by atoms with van der Waals surface area (Å²) in [6.07, 6.45) is -1.44. The zero-order valence-electron chi connectivity index (χ0n) is 26.3. The third-order valence-corrected chi connectivity index (χ3v) is 4.86. The molecule has 0 spiro atoms. The topological polar surface area (TPSA) is 252 Å². The summed E-state index contributed by atoms with van der Waals surface area (Å²) >= 11 is 0. The van der Waals surface area contributed by atoms with Crippen LogP contribution in [0.25, 0.3) is 0 Å². The molecule has 0 aliphatic rings. The van der Waals surface area contributed by atoms with E-state index in [2.05, 4.69) is 10.1 Å². The maximum absolute atomic E-state index is 11.8. The van der Waals surface area contributed by atoms with Crippen molar-refractivity contribution in [3.8, 4) is 0 Å². The van der Waals surface area contributed by atoms with Crippen LogP contribution < -0.4 is 5.32 Å². The van der Waals surface area contributed by atoms with Crippen LogP contribution in [0.15, 0.2) is 0 Å². The second-order valence-corrected chi connectivity index (χ2v) is 8.90. The van der Waals surface area contributed by atoms with Gasteiger partial charge < -0.3 is 53.1 Å². The first kappa shape index (κ1) is 42.6. The van der Waals surface area contributed by atoms with E-state index in [1.54, 1.807) is 0 Å². The van der Waals surface area contributed by atoms with E-state index in [9.17, 15) is 38.4 Å². The molecule has 0 aromatic carbocycles. The molecule has 0 fully saturated rings. The average molecular weight is 682 g/mol. The number of aliphatic hydroxyl groups is 1. The van der Waals surface area contributed by atoms with Gasteiger partial charge in [-0.15, -0.1) is 0 Å². The maximum atomic E-state index is 11.8. The van der Waals surface area contributed by atoms with Crippen molar-refractivity contribution in [1.82, 2.24) is 5.32 Å². The summed E-state index contributed by atoms with van der Waals surface area (Å²) in [6.45, 7) is 0.949. The molecular weight excluding hydrogens is 638 g/mol. The lowest BCUT2D eigenvalue weighted by molar-refractivity contribution is -0.159. The molecule has 2 N–H and O–H groups in total. The van der Waals surface area contributed by atoms with Gasteiger partial charge >= 0.3 is 41.8 Å². The molecule has 19 nitrogen and oxygen atoms in total. The van der Waals surface area contributed by atoms with Gasteiger partial charge in [0.25, 0.3) is 0 Å². The summed E-state index contributed by atoms with van der Waals surface area (Å²) in [5.74, 6) is -6.59. The van der Waals surface area contributed by atoms with Crippen LogP contribution in [0.3, 0.4) is 0 Å². The van der Waals surface area contributed by atoms with Crippen LogP contribution in [-0.2, 0) is 81.0 Å². The zero-order chi connectivity index (χ0) is 35.1. The molecule has 268 valence electrons. The normalized spacial score (nSPS) is 10.3. The second kappa shape index (κ2) is 29.1. The second-order valence-electron chi connectivity index (χ2n) is 8.90. The maximum Gasteiger partial charge on any atom is 0.317 e. The fourth-order valence-corrected chi connectivity index (χ4v) is 2.85. The number of rotatable bonds is 28. The van der Waals surface area contributed by atoms with E-state index in [-0.39, 0.29) is 85.6 Å². The molecule has 0 aromatic rings. The molecule has 19 heteroatoms. The summed E-state index contributed by atoms with van der Waals surface area (Å²) in [7, 11) is 0. The highest BCUT2D eigenvalue weighted by molar-refractivity contribution is 5.94. The summed E-state index contributed by atoms with van der Waals surface area (Å²) in [5.41, 5.74) is 0. The molecule has 47 heavy (non-hydrogen) atoms. The van der Waals surface area contributed by atoms with E-state index in [4.69, 9.17) is 43.0 Å². The van der Waals surface area contributed by atoms with Crippen molar-refractivity contribution < 1.29 is 86.1 Å². The van der Waals surface area contributed by atoms with E-state index >= 15 is 0 Å². The van der Waals surface area contributed by atoms with Gasteiger partial charge in [-0.2, -0.15) is 0 Å². The van der Waals surface area contributed by atoms with Crippen molar-refractivity contribution in [2.75, 3.05) is 85.8 Å². The molecule has 0 aliphatic carbocycles. The third kappa shape index (κ3) is 28.8. The van der Waals surface area contributed by atoms with Crippen molar-refractivity contribution in [1.29, 1.82) is 0 Å². The van der Waals surface area contributed by atoms with Crippen LogP contribution in [0.2, 0.25) is 0 Å². The van der Waals surface area contributed by atoms with Crippen LogP contribution >= 0.6 is 0 Å². The first-order valence-electron chi connectivity index (χ1n) is 14.7. The summed E-state index contributed by atoms with van der Waals surface area (Å²) < 4.78 is 43.5. The third-order valence-electron chi connectivity index (χ3n) is 4.86. The Hall–Kier alpha value is -4.36. The van der Waals surface area contributed by atoms with Crippen LogP contribution in [0, 0.1) is 0 Å². The van der Waals surface area contributed by atoms with Crippen molar-refractivity contribution in [3.63, 3.8) is 0 Å². The van der Waals surface area contributed by atoms with E-state index in [0.29, 0.717) is 6.61 Å². The molecule has 0 aromatic heterocycles. The largest absolute Gasteiger partial charge is 0.465 e. The average Bonchev–Trinajstić information content (AvgIpc) is 3.01. The number of aliphatic hydroxyl groups excluding tert-OH is 1. The predicted molar refractivity (Wildman–Crippen MR) is 152 cm³/mol. The minimum absolute atomic E-state index is 0.0329. The number of carbonyl (C=O) groups is 8. The summed E-state index contributed by atoms with van der Waals surface area (Å²) in [5, 5.41) is 10.9. The molecular formula is C28H43NO18. The fourth-order valence-electron chi connectivity index (χ4n) is 2.85. The molecule has 0 unspecified atom stereocenters. The van der Waals surface area contributed by atoms with Crippen LogP contribution in [-0.4, -0.2) is 139 Å². The lowest BCUT2D eigenvalue weighted by atomic mass is 10.3.